The van der Waals surface area contributed by atoms with Crippen molar-refractivity contribution in [2.24, 2.45) is 5.92 Å². The minimum absolute atomic E-state index is 0.00714. The summed E-state index contributed by atoms with van der Waals surface area (Å²) in [6, 6.07) is 5.00. The Morgan fingerprint density at radius 3 is 2.64 bits per heavy atom. The van der Waals surface area contributed by atoms with E-state index in [-0.39, 0.29) is 29.3 Å². The molecule has 2 saturated heterocycles. The Hall–Kier alpha value is -1.51. The summed E-state index contributed by atoms with van der Waals surface area (Å²) in [6.45, 7) is 2.26. The number of rotatable bonds is 4. The van der Waals surface area contributed by atoms with E-state index in [2.05, 4.69) is 5.32 Å². The molecule has 0 spiro atoms. The molecule has 2 heterocycles. The zero-order valence-corrected chi connectivity index (χ0v) is 15.1. The van der Waals surface area contributed by atoms with Crippen molar-refractivity contribution >= 4 is 15.9 Å². The number of amides is 1. The normalized spacial score (nSPS) is 25.0. The zero-order valence-electron chi connectivity index (χ0n) is 14.3. The van der Waals surface area contributed by atoms with Crippen LogP contribution in [-0.2, 0) is 14.8 Å². The number of piperidine rings is 1. The summed E-state index contributed by atoms with van der Waals surface area (Å²) < 4.78 is 39.9. The minimum Gasteiger partial charge on any atom is -0.341 e. The van der Waals surface area contributed by atoms with Crippen LogP contribution in [0, 0.1) is 11.7 Å². The van der Waals surface area contributed by atoms with E-state index in [0.717, 1.165) is 31.6 Å². The summed E-state index contributed by atoms with van der Waals surface area (Å²) in [4.78, 5) is 14.6. The molecule has 2 atom stereocenters. The van der Waals surface area contributed by atoms with Gasteiger partial charge in [0.05, 0.1) is 10.8 Å². The van der Waals surface area contributed by atoms with Crippen molar-refractivity contribution in [3.63, 3.8) is 0 Å². The summed E-state index contributed by atoms with van der Waals surface area (Å²) in [5.74, 6) is -0.792. The van der Waals surface area contributed by atoms with Crippen molar-refractivity contribution < 1.29 is 17.6 Å². The molecule has 2 fully saturated rings. The molecule has 6 nitrogen and oxygen atoms in total. The first kappa shape index (κ1) is 18.3. The quantitative estimate of drug-likeness (QED) is 0.861. The molecule has 1 amide bonds. The van der Waals surface area contributed by atoms with Crippen LogP contribution in [0.15, 0.2) is 29.2 Å². The predicted octanol–water partition coefficient (Wildman–Crippen LogP) is 1.05. The molecule has 0 aromatic heterocycles. The number of sulfonamides is 1. The van der Waals surface area contributed by atoms with Crippen molar-refractivity contribution in [2.45, 2.75) is 30.2 Å². The Morgan fingerprint density at radius 1 is 1.28 bits per heavy atom. The summed E-state index contributed by atoms with van der Waals surface area (Å²) in [5, 5.41) is 3.24. The lowest BCUT2D eigenvalue weighted by Gasteiger charge is -2.34. The zero-order chi connectivity index (χ0) is 18.0. The van der Waals surface area contributed by atoms with Crippen molar-refractivity contribution in [1.29, 1.82) is 0 Å². The van der Waals surface area contributed by atoms with Gasteiger partial charge in [0.15, 0.2) is 0 Å². The lowest BCUT2D eigenvalue weighted by Crippen LogP contribution is -2.48. The maximum absolute atomic E-state index is 13.1. The fourth-order valence-electron chi connectivity index (χ4n) is 3.56. The fourth-order valence-corrected chi connectivity index (χ4v) is 5.08. The molecule has 1 aromatic carbocycles. The summed E-state index contributed by atoms with van der Waals surface area (Å²) in [6.07, 6.45) is 2.26. The van der Waals surface area contributed by atoms with Crippen LogP contribution in [0.25, 0.3) is 0 Å². The highest BCUT2D eigenvalue weighted by Crippen LogP contribution is 2.25. The first-order valence-electron chi connectivity index (χ1n) is 8.62. The van der Waals surface area contributed by atoms with Gasteiger partial charge in [-0.15, -0.1) is 0 Å². The molecule has 138 valence electrons. The van der Waals surface area contributed by atoms with E-state index in [0.29, 0.717) is 19.4 Å². The van der Waals surface area contributed by atoms with Crippen LogP contribution in [0.1, 0.15) is 19.3 Å². The Bertz CT molecular complexity index is 717. The number of halogens is 1. The number of hydrogen-bond donors (Lipinski definition) is 1. The van der Waals surface area contributed by atoms with Gasteiger partial charge in [-0.2, -0.15) is 4.31 Å². The highest BCUT2D eigenvalue weighted by molar-refractivity contribution is 7.89. The molecule has 0 bridgehead atoms. The average Bonchev–Trinajstić information content (AvgIpc) is 3.15. The molecule has 1 N–H and O–H groups in total. The molecule has 2 unspecified atom stereocenters. The standard InChI is InChI=1S/C17H24FN3O3S/c1-20(15-8-9-19-11-15)17(22)13-3-2-10-21(12-13)25(23,24)16-6-4-14(18)5-7-16/h4-7,13,15,19H,2-3,8-12H2,1H3. The lowest BCUT2D eigenvalue weighted by molar-refractivity contribution is -0.137. The van der Waals surface area contributed by atoms with Crippen LogP contribution < -0.4 is 5.32 Å². The van der Waals surface area contributed by atoms with Gasteiger partial charge in [-0.25, -0.2) is 12.8 Å². The lowest BCUT2D eigenvalue weighted by atomic mass is 9.97. The third-order valence-electron chi connectivity index (χ3n) is 5.11. The van der Waals surface area contributed by atoms with Gasteiger partial charge >= 0.3 is 0 Å². The van der Waals surface area contributed by atoms with Crippen LogP contribution in [0.3, 0.4) is 0 Å². The van der Waals surface area contributed by atoms with Crippen molar-refractivity contribution in [2.75, 3.05) is 33.2 Å². The SMILES string of the molecule is CN(C(=O)C1CCCN(S(=O)(=O)c2ccc(F)cc2)C1)C1CCNC1. The summed E-state index contributed by atoms with van der Waals surface area (Å²) in [5.41, 5.74) is 0. The molecule has 2 aliphatic rings. The first-order valence-corrected chi connectivity index (χ1v) is 10.1. The van der Waals surface area contributed by atoms with Crippen LogP contribution in [-0.4, -0.2) is 62.8 Å². The van der Waals surface area contributed by atoms with Crippen molar-refractivity contribution in [1.82, 2.24) is 14.5 Å². The number of carbonyl (C=O) groups is 1. The van der Waals surface area contributed by atoms with Crippen molar-refractivity contribution in [3.8, 4) is 0 Å². The van der Waals surface area contributed by atoms with E-state index < -0.39 is 15.8 Å². The molecule has 25 heavy (non-hydrogen) atoms. The van der Waals surface area contributed by atoms with Gasteiger partial charge in [-0.3, -0.25) is 4.79 Å². The minimum atomic E-state index is -3.71. The number of benzene rings is 1. The highest BCUT2D eigenvalue weighted by atomic mass is 32.2. The van der Waals surface area contributed by atoms with Gasteiger partial charge in [-0.1, -0.05) is 0 Å². The number of hydrogen-bond acceptors (Lipinski definition) is 4. The van der Waals surface area contributed by atoms with E-state index in [1.165, 1.54) is 16.4 Å². The van der Waals surface area contributed by atoms with Gasteiger partial charge in [0.2, 0.25) is 15.9 Å². The molecule has 0 radical (unpaired) electrons. The number of nitrogens with one attached hydrogen (secondary N) is 1. The van der Waals surface area contributed by atoms with Gasteiger partial charge in [0.25, 0.3) is 0 Å². The molecule has 2 aliphatic heterocycles. The second-order valence-electron chi connectivity index (χ2n) is 6.75. The maximum Gasteiger partial charge on any atom is 0.243 e. The average molecular weight is 369 g/mol. The second kappa shape index (κ2) is 7.39. The van der Waals surface area contributed by atoms with Gasteiger partial charge in [-0.05, 0) is 50.1 Å². The van der Waals surface area contributed by atoms with E-state index in [9.17, 15) is 17.6 Å². The van der Waals surface area contributed by atoms with Crippen LogP contribution in [0.4, 0.5) is 4.39 Å². The van der Waals surface area contributed by atoms with E-state index in [4.69, 9.17) is 0 Å². The largest absolute Gasteiger partial charge is 0.341 e. The Kier molecular flexibility index (Phi) is 5.41. The third kappa shape index (κ3) is 3.86. The summed E-state index contributed by atoms with van der Waals surface area (Å²) in [7, 11) is -1.91. The number of carbonyl (C=O) groups excluding carboxylic acids is 1. The topological polar surface area (TPSA) is 69.7 Å². The fraction of sp³-hybridized carbons (Fsp3) is 0.588. The molecule has 3 rings (SSSR count). The Balaban J connectivity index is 1.71. The van der Waals surface area contributed by atoms with Crippen LogP contribution in [0.5, 0.6) is 0 Å². The van der Waals surface area contributed by atoms with Gasteiger partial charge in [0.1, 0.15) is 5.82 Å². The van der Waals surface area contributed by atoms with Crippen molar-refractivity contribution in [3.05, 3.63) is 30.1 Å². The molecule has 0 saturated carbocycles. The number of nitrogens with zero attached hydrogens (tertiary/aromatic N) is 2. The monoisotopic (exact) mass is 369 g/mol. The predicted molar refractivity (Wildman–Crippen MR) is 91.9 cm³/mol. The first-order chi connectivity index (χ1) is 11.9. The van der Waals surface area contributed by atoms with Crippen LogP contribution in [0.2, 0.25) is 0 Å². The van der Waals surface area contributed by atoms with Crippen LogP contribution >= 0.6 is 0 Å². The smallest absolute Gasteiger partial charge is 0.243 e. The third-order valence-corrected chi connectivity index (χ3v) is 6.99. The van der Waals surface area contributed by atoms with E-state index >= 15 is 0 Å². The maximum atomic E-state index is 13.1. The molecule has 0 aliphatic carbocycles. The van der Waals surface area contributed by atoms with E-state index in [1.807, 2.05) is 0 Å². The van der Waals surface area contributed by atoms with Gasteiger partial charge in [0, 0.05) is 32.7 Å². The summed E-state index contributed by atoms with van der Waals surface area (Å²) >= 11 is 0. The molecule has 8 heteroatoms. The molecular formula is C17H24FN3O3S. The highest BCUT2D eigenvalue weighted by Gasteiger charge is 2.36. The second-order valence-corrected chi connectivity index (χ2v) is 8.69. The number of likely N-dealkylation sites (N-methyl/N-ethyl adjacent to an activating group) is 1. The van der Waals surface area contributed by atoms with E-state index in [1.54, 1.807) is 11.9 Å². The molecule has 1 aromatic rings. The Morgan fingerprint density at radius 2 is 2.00 bits per heavy atom. The molecular weight excluding hydrogens is 345 g/mol. The van der Waals surface area contributed by atoms with Gasteiger partial charge < -0.3 is 10.2 Å². The Labute approximate surface area is 148 Å².